The number of amides is 2. The fraction of sp³-hybridized carbons (Fsp3) is 0.611. The number of nitrogens with one attached hydrogen (secondary N) is 2. The molecule has 2 amide bonds. The molecule has 2 aliphatic rings. The van der Waals surface area contributed by atoms with Crippen molar-refractivity contribution in [2.24, 2.45) is 11.7 Å². The first kappa shape index (κ1) is 16.3. The Morgan fingerprint density at radius 1 is 1.30 bits per heavy atom. The van der Waals surface area contributed by atoms with E-state index in [4.69, 9.17) is 5.73 Å². The summed E-state index contributed by atoms with van der Waals surface area (Å²) in [6.45, 7) is 4.06. The molecule has 1 aromatic carbocycles. The highest BCUT2D eigenvalue weighted by atomic mass is 16.2. The molecular formula is C18H28N4O. The monoisotopic (exact) mass is 316 g/mol. The summed E-state index contributed by atoms with van der Waals surface area (Å²) in [5.41, 5.74) is 6.50. The molecule has 5 heteroatoms. The van der Waals surface area contributed by atoms with E-state index in [1.165, 1.54) is 18.4 Å². The zero-order valence-corrected chi connectivity index (χ0v) is 13.8. The molecule has 3 rings (SSSR count). The molecule has 0 bridgehead atoms. The van der Waals surface area contributed by atoms with Gasteiger partial charge in [0, 0.05) is 19.0 Å². The van der Waals surface area contributed by atoms with E-state index in [0.29, 0.717) is 5.92 Å². The van der Waals surface area contributed by atoms with Crippen LogP contribution < -0.4 is 16.4 Å². The highest BCUT2D eigenvalue weighted by Gasteiger charge is 2.42. The van der Waals surface area contributed by atoms with E-state index in [9.17, 15) is 4.79 Å². The number of rotatable bonds is 4. The van der Waals surface area contributed by atoms with Gasteiger partial charge in [-0.05, 0) is 50.8 Å². The summed E-state index contributed by atoms with van der Waals surface area (Å²) in [6, 6.07) is 10.2. The topological polar surface area (TPSA) is 70.4 Å². The van der Waals surface area contributed by atoms with Crippen LogP contribution in [0.25, 0.3) is 0 Å². The maximum atomic E-state index is 11.5. The molecule has 2 atom stereocenters. The summed E-state index contributed by atoms with van der Waals surface area (Å²) >= 11 is 0. The molecule has 1 aromatic rings. The van der Waals surface area contributed by atoms with E-state index in [1.54, 1.807) is 0 Å². The Hall–Kier alpha value is -1.59. The van der Waals surface area contributed by atoms with Gasteiger partial charge in [-0.1, -0.05) is 30.3 Å². The Morgan fingerprint density at radius 3 is 2.83 bits per heavy atom. The van der Waals surface area contributed by atoms with Crippen LogP contribution in [0.4, 0.5) is 4.79 Å². The van der Waals surface area contributed by atoms with Gasteiger partial charge in [0.05, 0.1) is 5.66 Å². The van der Waals surface area contributed by atoms with Crippen molar-refractivity contribution >= 4 is 6.03 Å². The Bertz CT molecular complexity index is 513. The van der Waals surface area contributed by atoms with Crippen LogP contribution in [0.1, 0.15) is 37.7 Å². The average molecular weight is 316 g/mol. The summed E-state index contributed by atoms with van der Waals surface area (Å²) in [5.74, 6) is 0.410. The van der Waals surface area contributed by atoms with E-state index in [1.807, 2.05) is 0 Å². The molecule has 23 heavy (non-hydrogen) atoms. The number of carbonyl (C=O) groups excluding carboxylic acids is 1. The maximum Gasteiger partial charge on any atom is 0.313 e. The van der Waals surface area contributed by atoms with Crippen molar-refractivity contribution in [3.63, 3.8) is 0 Å². The molecule has 4 N–H and O–H groups in total. The first-order chi connectivity index (χ1) is 11.2. The van der Waals surface area contributed by atoms with Gasteiger partial charge < -0.3 is 11.1 Å². The lowest BCUT2D eigenvalue weighted by atomic mass is 9.80. The lowest BCUT2D eigenvalue weighted by Crippen LogP contribution is -2.68. The van der Waals surface area contributed by atoms with Crippen molar-refractivity contribution in [1.29, 1.82) is 0 Å². The number of nitrogens with zero attached hydrogens (tertiary/aromatic N) is 1. The van der Waals surface area contributed by atoms with Crippen LogP contribution in [0.15, 0.2) is 30.3 Å². The van der Waals surface area contributed by atoms with Crippen molar-refractivity contribution in [1.82, 2.24) is 15.5 Å². The van der Waals surface area contributed by atoms with Gasteiger partial charge in [0.2, 0.25) is 0 Å². The molecule has 2 fully saturated rings. The van der Waals surface area contributed by atoms with Crippen LogP contribution in [-0.2, 0) is 6.54 Å². The number of primary amides is 1. The summed E-state index contributed by atoms with van der Waals surface area (Å²) in [6.07, 6.45) is 5.59. The van der Waals surface area contributed by atoms with Crippen LogP contribution in [0.2, 0.25) is 0 Å². The van der Waals surface area contributed by atoms with Crippen LogP contribution in [0.5, 0.6) is 0 Å². The summed E-state index contributed by atoms with van der Waals surface area (Å²) < 4.78 is 0. The van der Waals surface area contributed by atoms with Crippen molar-refractivity contribution in [3.8, 4) is 0 Å². The lowest BCUT2D eigenvalue weighted by molar-refractivity contribution is 0.0559. The normalized spacial score (nSPS) is 29.1. The molecule has 2 unspecified atom stereocenters. The largest absolute Gasteiger partial charge is 0.352 e. The Morgan fingerprint density at radius 2 is 2.13 bits per heavy atom. The number of nitrogens with two attached hydrogens (primary N) is 1. The third kappa shape index (κ3) is 4.03. The van der Waals surface area contributed by atoms with Crippen LogP contribution in [-0.4, -0.2) is 36.2 Å². The highest BCUT2D eigenvalue weighted by Crippen LogP contribution is 2.32. The van der Waals surface area contributed by atoms with Gasteiger partial charge in [-0.2, -0.15) is 0 Å². The first-order valence-electron chi connectivity index (χ1n) is 8.77. The predicted octanol–water partition coefficient (Wildman–Crippen LogP) is 2.04. The molecule has 2 aliphatic heterocycles. The van der Waals surface area contributed by atoms with E-state index in [2.05, 4.69) is 45.9 Å². The van der Waals surface area contributed by atoms with E-state index in [0.717, 1.165) is 45.4 Å². The second-order valence-electron chi connectivity index (χ2n) is 6.90. The summed E-state index contributed by atoms with van der Waals surface area (Å²) in [5, 5.41) is 6.63. The summed E-state index contributed by atoms with van der Waals surface area (Å²) in [4.78, 5) is 14.0. The molecule has 2 heterocycles. The van der Waals surface area contributed by atoms with E-state index in [-0.39, 0.29) is 5.66 Å². The number of piperidine rings is 2. The van der Waals surface area contributed by atoms with Gasteiger partial charge in [-0.3, -0.25) is 10.2 Å². The standard InChI is InChI=1S/C18H28N4O/c19-17(23)21-18(10-4-5-11-20-18)16-9-6-12-22(14-16)13-15-7-2-1-3-8-15/h1-3,7-8,16,20H,4-6,9-14H2,(H3,19,21,23). The fourth-order valence-corrected chi connectivity index (χ4v) is 4.15. The molecule has 0 saturated carbocycles. The minimum absolute atomic E-state index is 0.320. The van der Waals surface area contributed by atoms with Gasteiger partial charge in [0.1, 0.15) is 0 Å². The Balaban J connectivity index is 1.69. The summed E-state index contributed by atoms with van der Waals surface area (Å²) in [7, 11) is 0. The lowest BCUT2D eigenvalue weighted by Gasteiger charge is -2.48. The maximum absolute atomic E-state index is 11.5. The number of carbonyl (C=O) groups is 1. The van der Waals surface area contributed by atoms with Crippen LogP contribution in [0, 0.1) is 5.92 Å². The molecule has 2 saturated heterocycles. The quantitative estimate of drug-likeness (QED) is 0.796. The molecule has 0 aliphatic carbocycles. The number of hydrogen-bond donors (Lipinski definition) is 3. The second-order valence-corrected chi connectivity index (χ2v) is 6.90. The van der Waals surface area contributed by atoms with Crippen molar-refractivity contribution in [2.75, 3.05) is 19.6 Å². The molecule has 5 nitrogen and oxygen atoms in total. The van der Waals surface area contributed by atoms with Gasteiger partial charge in [0.15, 0.2) is 0 Å². The first-order valence-corrected chi connectivity index (χ1v) is 8.77. The number of urea groups is 1. The zero-order chi connectivity index (χ0) is 16.1. The second kappa shape index (κ2) is 7.32. The minimum atomic E-state index is -0.417. The van der Waals surface area contributed by atoms with E-state index < -0.39 is 6.03 Å². The van der Waals surface area contributed by atoms with Gasteiger partial charge >= 0.3 is 6.03 Å². The zero-order valence-electron chi connectivity index (χ0n) is 13.8. The van der Waals surface area contributed by atoms with Gasteiger partial charge in [-0.15, -0.1) is 0 Å². The van der Waals surface area contributed by atoms with Crippen molar-refractivity contribution < 1.29 is 4.79 Å². The van der Waals surface area contributed by atoms with Gasteiger partial charge in [0.25, 0.3) is 0 Å². The smallest absolute Gasteiger partial charge is 0.313 e. The van der Waals surface area contributed by atoms with Crippen LogP contribution >= 0.6 is 0 Å². The minimum Gasteiger partial charge on any atom is -0.352 e. The molecular weight excluding hydrogens is 288 g/mol. The third-order valence-electron chi connectivity index (χ3n) is 5.24. The predicted molar refractivity (Wildman–Crippen MR) is 91.7 cm³/mol. The van der Waals surface area contributed by atoms with Crippen molar-refractivity contribution in [3.05, 3.63) is 35.9 Å². The van der Waals surface area contributed by atoms with E-state index >= 15 is 0 Å². The highest BCUT2D eigenvalue weighted by molar-refractivity contribution is 5.72. The SMILES string of the molecule is NC(=O)NC1(C2CCCN(Cc3ccccc3)C2)CCCCN1. The molecule has 0 radical (unpaired) electrons. The Kier molecular flexibility index (Phi) is 5.18. The average Bonchev–Trinajstić information content (AvgIpc) is 2.56. The van der Waals surface area contributed by atoms with Gasteiger partial charge in [-0.25, -0.2) is 4.79 Å². The fourth-order valence-electron chi connectivity index (χ4n) is 4.15. The molecule has 126 valence electrons. The van der Waals surface area contributed by atoms with Crippen LogP contribution in [0.3, 0.4) is 0 Å². The van der Waals surface area contributed by atoms with Crippen molar-refractivity contribution in [2.45, 2.75) is 44.3 Å². The molecule has 0 spiro atoms. The Labute approximate surface area is 138 Å². The number of benzene rings is 1. The molecule has 0 aromatic heterocycles. The number of hydrogen-bond acceptors (Lipinski definition) is 3. The number of likely N-dealkylation sites (tertiary alicyclic amines) is 1. The third-order valence-corrected chi connectivity index (χ3v) is 5.24.